The SMILES string of the molecule is Cc1cc(C2=CC(O)CCCC2)sn1. The Morgan fingerprint density at radius 3 is 3.07 bits per heavy atom. The van der Waals surface area contributed by atoms with E-state index in [2.05, 4.69) is 10.4 Å². The number of hydrogen-bond acceptors (Lipinski definition) is 3. The molecule has 1 atom stereocenters. The van der Waals surface area contributed by atoms with E-state index in [1.54, 1.807) is 0 Å². The molecule has 0 amide bonds. The third-order valence-electron chi connectivity index (χ3n) is 2.53. The molecule has 1 aliphatic rings. The summed E-state index contributed by atoms with van der Waals surface area (Å²) in [5.41, 5.74) is 2.35. The predicted molar refractivity (Wildman–Crippen MR) is 59.3 cm³/mol. The molecule has 0 spiro atoms. The van der Waals surface area contributed by atoms with E-state index < -0.39 is 0 Å². The summed E-state index contributed by atoms with van der Waals surface area (Å²) in [4.78, 5) is 1.23. The lowest BCUT2D eigenvalue weighted by Crippen LogP contribution is -1.99. The molecule has 14 heavy (non-hydrogen) atoms. The Labute approximate surface area is 88.5 Å². The maximum absolute atomic E-state index is 9.64. The number of aliphatic hydroxyl groups is 1. The van der Waals surface area contributed by atoms with Crippen LogP contribution in [0.1, 0.15) is 36.3 Å². The van der Waals surface area contributed by atoms with Crippen molar-refractivity contribution in [1.29, 1.82) is 0 Å². The molecule has 2 rings (SSSR count). The summed E-state index contributed by atoms with van der Waals surface area (Å²) in [6.45, 7) is 2.01. The molecule has 0 bridgehead atoms. The van der Waals surface area contributed by atoms with Gasteiger partial charge in [-0.1, -0.05) is 12.5 Å². The van der Waals surface area contributed by atoms with Crippen molar-refractivity contribution in [2.45, 2.75) is 38.7 Å². The molecule has 2 nitrogen and oxygen atoms in total. The molecule has 1 aromatic rings. The lowest BCUT2D eigenvalue weighted by Gasteiger charge is -2.02. The molecule has 1 aliphatic carbocycles. The fourth-order valence-electron chi connectivity index (χ4n) is 1.79. The van der Waals surface area contributed by atoms with E-state index >= 15 is 0 Å². The molecule has 76 valence electrons. The summed E-state index contributed by atoms with van der Waals surface area (Å²) in [5.74, 6) is 0. The maximum Gasteiger partial charge on any atom is 0.0727 e. The molecule has 0 fully saturated rings. The Kier molecular flexibility index (Phi) is 2.99. The van der Waals surface area contributed by atoms with Gasteiger partial charge in [-0.2, -0.15) is 4.37 Å². The van der Waals surface area contributed by atoms with Gasteiger partial charge >= 0.3 is 0 Å². The zero-order valence-electron chi connectivity index (χ0n) is 8.36. The minimum absolute atomic E-state index is 0.255. The van der Waals surface area contributed by atoms with E-state index in [1.807, 2.05) is 13.0 Å². The van der Waals surface area contributed by atoms with Crippen LogP contribution in [0.2, 0.25) is 0 Å². The van der Waals surface area contributed by atoms with E-state index in [0.29, 0.717) is 0 Å². The topological polar surface area (TPSA) is 33.1 Å². The van der Waals surface area contributed by atoms with Gasteiger partial charge in [-0.25, -0.2) is 0 Å². The highest BCUT2D eigenvalue weighted by atomic mass is 32.1. The molecule has 0 radical (unpaired) electrons. The summed E-state index contributed by atoms with van der Waals surface area (Å²) < 4.78 is 4.27. The summed E-state index contributed by atoms with van der Waals surface area (Å²) in [5, 5.41) is 9.64. The van der Waals surface area contributed by atoms with Crippen molar-refractivity contribution in [3.63, 3.8) is 0 Å². The Hall–Kier alpha value is -0.670. The van der Waals surface area contributed by atoms with Crippen molar-refractivity contribution < 1.29 is 5.11 Å². The Morgan fingerprint density at radius 1 is 1.50 bits per heavy atom. The Morgan fingerprint density at radius 2 is 2.36 bits per heavy atom. The Balaban J connectivity index is 2.23. The molecule has 3 heteroatoms. The number of aliphatic hydroxyl groups excluding tert-OH is 1. The fraction of sp³-hybridized carbons (Fsp3) is 0.545. The average molecular weight is 209 g/mol. The fourth-order valence-corrected chi connectivity index (χ4v) is 2.59. The summed E-state index contributed by atoms with van der Waals surface area (Å²) in [6.07, 6.45) is 6.04. The van der Waals surface area contributed by atoms with Crippen LogP contribution < -0.4 is 0 Å². The largest absolute Gasteiger partial charge is 0.389 e. The summed E-state index contributed by atoms with van der Waals surface area (Å²) in [6, 6.07) is 2.11. The molecule has 1 unspecified atom stereocenters. The van der Waals surface area contributed by atoms with Gasteiger partial charge in [-0.05, 0) is 49.4 Å². The van der Waals surface area contributed by atoms with Crippen molar-refractivity contribution >= 4 is 17.1 Å². The number of hydrogen-bond donors (Lipinski definition) is 1. The lowest BCUT2D eigenvalue weighted by atomic mass is 10.1. The highest BCUT2D eigenvalue weighted by Gasteiger charge is 2.12. The summed E-state index contributed by atoms with van der Waals surface area (Å²) in [7, 11) is 0. The molecule has 0 aliphatic heterocycles. The predicted octanol–water partition coefficient (Wildman–Crippen LogP) is 2.77. The van der Waals surface area contributed by atoms with Gasteiger partial charge < -0.3 is 5.11 Å². The average Bonchev–Trinajstić information content (AvgIpc) is 2.45. The number of aromatic nitrogens is 1. The molecule has 0 saturated heterocycles. The van der Waals surface area contributed by atoms with Crippen molar-refractivity contribution in [3.05, 3.63) is 22.7 Å². The van der Waals surface area contributed by atoms with Gasteiger partial charge in [-0.3, -0.25) is 0 Å². The first-order chi connectivity index (χ1) is 6.75. The number of allylic oxidation sites excluding steroid dienone is 1. The zero-order chi connectivity index (χ0) is 9.97. The van der Waals surface area contributed by atoms with Crippen LogP contribution in [0.25, 0.3) is 5.57 Å². The van der Waals surface area contributed by atoms with Crippen LogP contribution in [0.4, 0.5) is 0 Å². The lowest BCUT2D eigenvalue weighted by molar-refractivity contribution is 0.211. The molecule has 1 aromatic heterocycles. The highest BCUT2D eigenvalue weighted by Crippen LogP contribution is 2.28. The van der Waals surface area contributed by atoms with Gasteiger partial charge in [-0.15, -0.1) is 0 Å². The van der Waals surface area contributed by atoms with Crippen LogP contribution in [0.5, 0.6) is 0 Å². The minimum atomic E-state index is -0.255. The molecule has 0 aromatic carbocycles. The molecule has 1 heterocycles. The maximum atomic E-state index is 9.64. The van der Waals surface area contributed by atoms with Gasteiger partial charge in [0.1, 0.15) is 0 Å². The van der Waals surface area contributed by atoms with E-state index in [-0.39, 0.29) is 6.10 Å². The van der Waals surface area contributed by atoms with Crippen LogP contribution >= 0.6 is 11.5 Å². The first-order valence-corrected chi connectivity index (χ1v) is 5.85. The molecule has 0 saturated carbocycles. The van der Waals surface area contributed by atoms with Crippen molar-refractivity contribution in [2.24, 2.45) is 0 Å². The van der Waals surface area contributed by atoms with Gasteiger partial charge in [0.15, 0.2) is 0 Å². The third kappa shape index (κ3) is 2.22. The van der Waals surface area contributed by atoms with Crippen LogP contribution in [0.3, 0.4) is 0 Å². The second-order valence-electron chi connectivity index (χ2n) is 3.84. The first-order valence-electron chi connectivity index (χ1n) is 5.08. The number of aryl methyl sites for hydroxylation is 1. The van der Waals surface area contributed by atoms with Crippen LogP contribution in [0.15, 0.2) is 12.1 Å². The van der Waals surface area contributed by atoms with Gasteiger partial charge in [0.25, 0.3) is 0 Å². The van der Waals surface area contributed by atoms with Crippen LogP contribution in [-0.4, -0.2) is 15.6 Å². The summed E-state index contributed by atoms with van der Waals surface area (Å²) >= 11 is 1.54. The van der Waals surface area contributed by atoms with Gasteiger partial charge in [0, 0.05) is 0 Å². The molecular weight excluding hydrogens is 194 g/mol. The standard InChI is InChI=1S/C11H15NOS/c1-8-6-11(14-12-8)9-4-2-3-5-10(13)7-9/h6-7,10,13H,2-5H2,1H3. The second kappa shape index (κ2) is 4.24. The van der Waals surface area contributed by atoms with Gasteiger partial charge in [0.2, 0.25) is 0 Å². The van der Waals surface area contributed by atoms with E-state index in [1.165, 1.54) is 28.4 Å². The van der Waals surface area contributed by atoms with E-state index in [9.17, 15) is 5.11 Å². The molecular formula is C11H15NOS. The molecule has 1 N–H and O–H groups in total. The zero-order valence-corrected chi connectivity index (χ0v) is 9.18. The first kappa shape index (κ1) is 9.87. The third-order valence-corrected chi connectivity index (χ3v) is 3.49. The number of rotatable bonds is 1. The minimum Gasteiger partial charge on any atom is -0.389 e. The second-order valence-corrected chi connectivity index (χ2v) is 4.64. The van der Waals surface area contributed by atoms with Crippen molar-refractivity contribution in [1.82, 2.24) is 4.37 Å². The van der Waals surface area contributed by atoms with Crippen LogP contribution in [0, 0.1) is 6.92 Å². The van der Waals surface area contributed by atoms with Crippen LogP contribution in [-0.2, 0) is 0 Å². The van der Waals surface area contributed by atoms with E-state index in [0.717, 1.165) is 25.0 Å². The monoisotopic (exact) mass is 209 g/mol. The highest BCUT2D eigenvalue weighted by molar-refractivity contribution is 7.07. The van der Waals surface area contributed by atoms with Crippen molar-refractivity contribution in [2.75, 3.05) is 0 Å². The van der Waals surface area contributed by atoms with Crippen molar-refractivity contribution in [3.8, 4) is 0 Å². The van der Waals surface area contributed by atoms with E-state index in [4.69, 9.17) is 0 Å². The number of nitrogens with zero attached hydrogens (tertiary/aromatic N) is 1. The Bertz CT molecular complexity index is 343. The quantitative estimate of drug-likeness (QED) is 0.771. The smallest absolute Gasteiger partial charge is 0.0727 e. The normalized spacial score (nSPS) is 23.0. The van der Waals surface area contributed by atoms with Gasteiger partial charge in [0.05, 0.1) is 16.7 Å².